The topological polar surface area (TPSA) is 75.6 Å². The van der Waals surface area contributed by atoms with Gasteiger partial charge >= 0.3 is 12.1 Å². The van der Waals surface area contributed by atoms with E-state index in [1.807, 2.05) is 5.32 Å². The van der Waals surface area contributed by atoms with E-state index in [-0.39, 0.29) is 11.3 Å². The highest BCUT2D eigenvalue weighted by Crippen LogP contribution is 2.16. The number of aliphatic carboxylic acids is 1. The molecule has 0 aromatic heterocycles. The average Bonchev–Trinajstić information content (AvgIpc) is 2.29. The van der Waals surface area contributed by atoms with Crippen molar-refractivity contribution in [3.05, 3.63) is 42.0 Å². The minimum absolute atomic E-state index is 0.0993. The molecular weight excluding hydrogens is 260 g/mol. The Kier molecular flexibility index (Phi) is 4.57. The highest BCUT2D eigenvalue weighted by atomic mass is 19.1. The molecule has 0 fully saturated rings. The molecule has 19 heavy (non-hydrogen) atoms. The number of carbonyl (C=O) groups is 2. The second kappa shape index (κ2) is 5.94. The van der Waals surface area contributed by atoms with Crippen LogP contribution in [0.25, 0.3) is 0 Å². The van der Waals surface area contributed by atoms with Crippen LogP contribution in [0.4, 0.5) is 19.3 Å². The number of carbonyl (C=O) groups excluding carboxylic acids is 1. The first-order valence-electron chi connectivity index (χ1n) is 5.12. The van der Waals surface area contributed by atoms with Crippen molar-refractivity contribution in [1.29, 1.82) is 0 Å². The van der Waals surface area contributed by atoms with Crippen LogP contribution in [0, 0.1) is 11.6 Å². The third kappa shape index (κ3) is 4.06. The van der Waals surface area contributed by atoms with Crippen molar-refractivity contribution in [3.8, 4) is 0 Å². The van der Waals surface area contributed by atoms with E-state index in [1.54, 1.807) is 0 Å². The first-order chi connectivity index (χ1) is 8.81. The normalized spacial score (nSPS) is 11.5. The van der Waals surface area contributed by atoms with Gasteiger partial charge in [0.2, 0.25) is 6.10 Å². The zero-order valence-electron chi connectivity index (χ0n) is 9.94. The Morgan fingerprint density at radius 3 is 2.53 bits per heavy atom. The highest BCUT2D eigenvalue weighted by molar-refractivity contribution is 5.88. The fourth-order valence-electron chi connectivity index (χ4n) is 1.20. The molecule has 0 radical (unpaired) electrons. The summed E-state index contributed by atoms with van der Waals surface area (Å²) in [5.41, 5.74) is -0.223. The molecule has 0 saturated carbocycles. The first kappa shape index (κ1) is 14.6. The Hall–Kier alpha value is -2.44. The van der Waals surface area contributed by atoms with Gasteiger partial charge in [-0.15, -0.1) is 0 Å². The highest BCUT2D eigenvalue weighted by Gasteiger charge is 2.23. The van der Waals surface area contributed by atoms with Crippen LogP contribution >= 0.6 is 0 Å². The van der Waals surface area contributed by atoms with Crippen LogP contribution in [-0.2, 0) is 9.53 Å². The smallest absolute Gasteiger partial charge is 0.412 e. The zero-order valence-corrected chi connectivity index (χ0v) is 9.94. The largest absolute Gasteiger partial charge is 0.478 e. The molecule has 1 unspecified atom stereocenters. The number of nitrogens with one attached hydrogen (secondary N) is 1. The number of rotatable bonds is 4. The molecule has 1 aromatic carbocycles. The van der Waals surface area contributed by atoms with E-state index in [2.05, 4.69) is 11.3 Å². The van der Waals surface area contributed by atoms with Gasteiger partial charge in [-0.1, -0.05) is 6.58 Å². The van der Waals surface area contributed by atoms with Crippen molar-refractivity contribution < 1.29 is 28.2 Å². The number of carboxylic acids is 1. The van der Waals surface area contributed by atoms with Gasteiger partial charge in [0.25, 0.3) is 0 Å². The number of hydrogen-bond acceptors (Lipinski definition) is 3. The summed E-state index contributed by atoms with van der Waals surface area (Å²) in [6, 6.07) is 2.50. The average molecular weight is 271 g/mol. The summed E-state index contributed by atoms with van der Waals surface area (Å²) >= 11 is 0. The van der Waals surface area contributed by atoms with Gasteiger partial charge in [0.05, 0.1) is 5.69 Å². The fourth-order valence-corrected chi connectivity index (χ4v) is 1.20. The standard InChI is InChI=1S/C12H11F2NO4/c1-6(2)10(11(16)17)19-12(18)15-9-4-3-7(13)5-8(9)14/h3-5,10H,1H2,2H3,(H,15,18)(H,16,17). The van der Waals surface area contributed by atoms with E-state index < -0.39 is 29.8 Å². The number of ether oxygens (including phenoxy) is 1. The zero-order chi connectivity index (χ0) is 14.6. The lowest BCUT2D eigenvalue weighted by atomic mass is 10.2. The van der Waals surface area contributed by atoms with Crippen LogP contribution in [0.2, 0.25) is 0 Å². The van der Waals surface area contributed by atoms with E-state index in [9.17, 15) is 18.4 Å². The van der Waals surface area contributed by atoms with E-state index in [4.69, 9.17) is 5.11 Å². The van der Waals surface area contributed by atoms with Gasteiger partial charge in [-0.25, -0.2) is 18.4 Å². The maximum Gasteiger partial charge on any atom is 0.412 e. The SMILES string of the molecule is C=C(C)C(OC(=O)Nc1ccc(F)cc1F)C(=O)O. The molecule has 1 rings (SSSR count). The summed E-state index contributed by atoms with van der Waals surface area (Å²) in [5.74, 6) is -3.21. The third-order valence-electron chi connectivity index (χ3n) is 2.06. The molecule has 102 valence electrons. The van der Waals surface area contributed by atoms with Crippen molar-refractivity contribution in [3.63, 3.8) is 0 Å². The van der Waals surface area contributed by atoms with Crippen LogP contribution in [-0.4, -0.2) is 23.3 Å². The minimum Gasteiger partial charge on any atom is -0.478 e. The molecule has 1 aromatic rings. The van der Waals surface area contributed by atoms with Gasteiger partial charge in [-0.3, -0.25) is 5.32 Å². The first-order valence-corrected chi connectivity index (χ1v) is 5.12. The van der Waals surface area contributed by atoms with E-state index in [1.165, 1.54) is 6.92 Å². The molecule has 2 N–H and O–H groups in total. The second-order valence-corrected chi connectivity index (χ2v) is 3.72. The summed E-state index contributed by atoms with van der Waals surface area (Å²) in [6.07, 6.45) is -2.72. The number of anilines is 1. The molecule has 1 amide bonds. The quantitative estimate of drug-likeness (QED) is 0.825. The van der Waals surface area contributed by atoms with Crippen LogP contribution in [0.3, 0.4) is 0 Å². The molecule has 0 aliphatic carbocycles. The van der Waals surface area contributed by atoms with Crippen LogP contribution in [0.5, 0.6) is 0 Å². The van der Waals surface area contributed by atoms with E-state index >= 15 is 0 Å². The van der Waals surface area contributed by atoms with Gasteiger partial charge in [-0.2, -0.15) is 0 Å². The van der Waals surface area contributed by atoms with Crippen molar-refractivity contribution in [2.45, 2.75) is 13.0 Å². The molecule has 0 aliphatic rings. The Morgan fingerprint density at radius 1 is 1.42 bits per heavy atom. The van der Waals surface area contributed by atoms with Crippen molar-refractivity contribution in [2.75, 3.05) is 5.32 Å². The van der Waals surface area contributed by atoms with E-state index in [0.717, 1.165) is 12.1 Å². The predicted molar refractivity (Wildman–Crippen MR) is 62.7 cm³/mol. The number of hydrogen-bond donors (Lipinski definition) is 2. The third-order valence-corrected chi connectivity index (χ3v) is 2.06. The Labute approximate surface area is 107 Å². The second-order valence-electron chi connectivity index (χ2n) is 3.72. The van der Waals surface area contributed by atoms with Gasteiger partial charge in [0.15, 0.2) is 0 Å². The van der Waals surface area contributed by atoms with E-state index in [0.29, 0.717) is 6.07 Å². The summed E-state index contributed by atoms with van der Waals surface area (Å²) in [6.45, 7) is 4.72. The van der Waals surface area contributed by atoms with Crippen molar-refractivity contribution in [1.82, 2.24) is 0 Å². The van der Waals surface area contributed by atoms with Gasteiger partial charge in [0.1, 0.15) is 11.6 Å². The maximum atomic E-state index is 13.2. The van der Waals surface area contributed by atoms with Gasteiger partial charge in [0, 0.05) is 6.07 Å². The van der Waals surface area contributed by atoms with Crippen LogP contribution < -0.4 is 5.32 Å². The predicted octanol–water partition coefficient (Wildman–Crippen LogP) is 2.54. The fraction of sp³-hybridized carbons (Fsp3) is 0.167. The van der Waals surface area contributed by atoms with Gasteiger partial charge < -0.3 is 9.84 Å². The molecule has 5 nitrogen and oxygen atoms in total. The monoisotopic (exact) mass is 271 g/mol. The minimum atomic E-state index is -1.54. The molecule has 0 spiro atoms. The molecule has 0 saturated heterocycles. The number of halogens is 2. The van der Waals surface area contributed by atoms with Gasteiger partial charge in [-0.05, 0) is 24.6 Å². The molecule has 0 heterocycles. The number of benzene rings is 1. The van der Waals surface area contributed by atoms with Crippen LogP contribution in [0.15, 0.2) is 30.4 Å². The molecule has 0 aliphatic heterocycles. The number of amides is 1. The van der Waals surface area contributed by atoms with Crippen LogP contribution in [0.1, 0.15) is 6.92 Å². The molecular formula is C12H11F2NO4. The number of carboxylic acid groups (broad SMARTS) is 1. The molecule has 1 atom stereocenters. The Bertz CT molecular complexity index is 516. The summed E-state index contributed by atoms with van der Waals surface area (Å²) in [5, 5.41) is 10.7. The Balaban J connectivity index is 2.74. The summed E-state index contributed by atoms with van der Waals surface area (Å²) in [4.78, 5) is 22.1. The lowest BCUT2D eigenvalue weighted by Crippen LogP contribution is -2.30. The lowest BCUT2D eigenvalue weighted by molar-refractivity contribution is -0.144. The molecule has 0 bridgehead atoms. The van der Waals surface area contributed by atoms with Crippen molar-refractivity contribution >= 4 is 17.7 Å². The Morgan fingerprint density at radius 2 is 2.05 bits per heavy atom. The van der Waals surface area contributed by atoms with Crippen molar-refractivity contribution in [2.24, 2.45) is 0 Å². The molecule has 7 heteroatoms. The lowest BCUT2D eigenvalue weighted by Gasteiger charge is -2.14. The summed E-state index contributed by atoms with van der Waals surface area (Å²) in [7, 11) is 0. The maximum absolute atomic E-state index is 13.2. The summed E-state index contributed by atoms with van der Waals surface area (Å²) < 4.78 is 30.4.